The number of aromatic nitrogens is 2. The highest BCUT2D eigenvalue weighted by molar-refractivity contribution is 6.31. The zero-order valence-electron chi connectivity index (χ0n) is 8.23. The minimum atomic E-state index is -0.680. The second kappa shape index (κ2) is 4.45. The lowest BCUT2D eigenvalue weighted by Gasteiger charge is -2.05. The number of hydrogen-bond acceptors (Lipinski definition) is 2. The molecule has 0 saturated carbocycles. The Balaban J connectivity index is 2.35. The summed E-state index contributed by atoms with van der Waals surface area (Å²) in [6.07, 6.45) is 3.87. The molecule has 16 heavy (non-hydrogen) atoms. The van der Waals surface area contributed by atoms with Crippen molar-refractivity contribution >= 4 is 17.9 Å². The van der Waals surface area contributed by atoms with Gasteiger partial charge in [-0.3, -0.25) is 9.48 Å². The first-order valence-corrected chi connectivity index (χ1v) is 4.99. The molecule has 0 N–H and O–H groups in total. The Morgan fingerprint density at radius 1 is 1.50 bits per heavy atom. The third-order valence-electron chi connectivity index (χ3n) is 2.15. The van der Waals surface area contributed by atoms with Gasteiger partial charge in [-0.25, -0.2) is 4.39 Å². The Morgan fingerprint density at radius 3 is 2.94 bits per heavy atom. The van der Waals surface area contributed by atoms with Gasteiger partial charge in [0, 0.05) is 12.4 Å². The van der Waals surface area contributed by atoms with Crippen LogP contribution in [0.25, 0.3) is 0 Å². The molecule has 0 fully saturated rings. The van der Waals surface area contributed by atoms with Gasteiger partial charge in [-0.05, 0) is 23.8 Å². The third kappa shape index (κ3) is 2.12. The van der Waals surface area contributed by atoms with Gasteiger partial charge in [-0.15, -0.1) is 0 Å². The number of benzene rings is 1. The predicted octanol–water partition coefficient (Wildman–Crippen LogP) is 2.54. The lowest BCUT2D eigenvalue weighted by molar-refractivity contribution is 0.111. The van der Waals surface area contributed by atoms with Crippen molar-refractivity contribution in [3.05, 3.63) is 52.6 Å². The van der Waals surface area contributed by atoms with Crippen LogP contribution in [0.1, 0.15) is 15.9 Å². The van der Waals surface area contributed by atoms with Crippen LogP contribution < -0.4 is 0 Å². The Labute approximate surface area is 96.5 Å². The summed E-state index contributed by atoms with van der Waals surface area (Å²) < 4.78 is 14.9. The number of carbonyl (C=O) groups is 1. The van der Waals surface area contributed by atoms with Gasteiger partial charge in [0.2, 0.25) is 0 Å². The summed E-state index contributed by atoms with van der Waals surface area (Å²) in [5, 5.41) is 3.96. The lowest BCUT2D eigenvalue weighted by Crippen LogP contribution is -2.02. The molecule has 0 saturated heterocycles. The quantitative estimate of drug-likeness (QED) is 0.771. The first-order valence-electron chi connectivity index (χ1n) is 4.61. The van der Waals surface area contributed by atoms with Gasteiger partial charge >= 0.3 is 0 Å². The Kier molecular flexibility index (Phi) is 3.01. The number of halogens is 2. The normalized spacial score (nSPS) is 10.4. The minimum Gasteiger partial charge on any atom is -0.298 e. The van der Waals surface area contributed by atoms with E-state index < -0.39 is 5.82 Å². The number of rotatable bonds is 3. The molecule has 0 radical (unpaired) electrons. The topological polar surface area (TPSA) is 34.9 Å². The van der Waals surface area contributed by atoms with Crippen molar-refractivity contribution in [2.75, 3.05) is 0 Å². The predicted molar refractivity (Wildman–Crippen MR) is 58.1 cm³/mol. The van der Waals surface area contributed by atoms with Crippen molar-refractivity contribution < 1.29 is 9.18 Å². The van der Waals surface area contributed by atoms with E-state index in [9.17, 15) is 9.18 Å². The molecule has 0 aliphatic carbocycles. The SMILES string of the molecule is O=Cc1cc(Cn2cccn2)cc(Cl)c1F. The molecule has 0 aliphatic rings. The summed E-state index contributed by atoms with van der Waals surface area (Å²) in [4.78, 5) is 10.6. The molecule has 0 spiro atoms. The highest BCUT2D eigenvalue weighted by atomic mass is 35.5. The molecule has 0 bridgehead atoms. The lowest BCUT2D eigenvalue weighted by atomic mass is 10.1. The molecular weight excluding hydrogens is 231 g/mol. The molecule has 5 heteroatoms. The molecule has 1 aromatic carbocycles. The maximum atomic E-state index is 13.3. The molecule has 2 rings (SSSR count). The van der Waals surface area contributed by atoms with Gasteiger partial charge in [-0.2, -0.15) is 5.10 Å². The summed E-state index contributed by atoms with van der Waals surface area (Å²) in [5.41, 5.74) is 0.701. The van der Waals surface area contributed by atoms with Crippen LogP contribution >= 0.6 is 11.6 Å². The van der Waals surface area contributed by atoms with Gasteiger partial charge in [0.1, 0.15) is 0 Å². The van der Waals surface area contributed by atoms with Gasteiger partial charge < -0.3 is 0 Å². The van der Waals surface area contributed by atoms with Crippen LogP contribution in [0.4, 0.5) is 4.39 Å². The maximum absolute atomic E-state index is 13.3. The largest absolute Gasteiger partial charge is 0.298 e. The first kappa shape index (κ1) is 10.8. The fraction of sp³-hybridized carbons (Fsp3) is 0.0909. The molecule has 0 atom stereocenters. The van der Waals surface area contributed by atoms with Crippen LogP contribution in [0.2, 0.25) is 5.02 Å². The average Bonchev–Trinajstić information content (AvgIpc) is 2.76. The van der Waals surface area contributed by atoms with Crippen molar-refractivity contribution in [2.45, 2.75) is 6.54 Å². The highest BCUT2D eigenvalue weighted by Crippen LogP contribution is 2.20. The number of aldehydes is 1. The van der Waals surface area contributed by atoms with E-state index in [-0.39, 0.29) is 10.6 Å². The van der Waals surface area contributed by atoms with Crippen molar-refractivity contribution in [2.24, 2.45) is 0 Å². The second-order valence-electron chi connectivity index (χ2n) is 3.30. The van der Waals surface area contributed by atoms with Crippen molar-refractivity contribution in [1.29, 1.82) is 0 Å². The fourth-order valence-corrected chi connectivity index (χ4v) is 1.68. The zero-order valence-corrected chi connectivity index (χ0v) is 8.99. The molecule has 1 aromatic heterocycles. The standard InChI is InChI=1S/C11H8ClFN2O/c12-10-5-8(4-9(7-16)11(10)13)6-15-3-1-2-14-15/h1-5,7H,6H2. The Hall–Kier alpha value is -1.68. The van der Waals surface area contributed by atoms with Gasteiger partial charge in [-0.1, -0.05) is 11.6 Å². The van der Waals surface area contributed by atoms with Crippen molar-refractivity contribution in [1.82, 2.24) is 9.78 Å². The zero-order chi connectivity index (χ0) is 11.5. The van der Waals surface area contributed by atoms with E-state index in [0.29, 0.717) is 12.8 Å². The highest BCUT2D eigenvalue weighted by Gasteiger charge is 2.08. The minimum absolute atomic E-state index is 0.0327. The van der Waals surface area contributed by atoms with Crippen LogP contribution in [0.3, 0.4) is 0 Å². The molecule has 0 aliphatic heterocycles. The fourth-order valence-electron chi connectivity index (χ4n) is 1.43. The van der Waals surface area contributed by atoms with Crippen LogP contribution in [0.15, 0.2) is 30.6 Å². The summed E-state index contributed by atoms with van der Waals surface area (Å²) in [6.45, 7) is 0.452. The average molecular weight is 239 g/mol. The van der Waals surface area contributed by atoms with Crippen LogP contribution in [-0.4, -0.2) is 16.1 Å². The van der Waals surface area contributed by atoms with Crippen molar-refractivity contribution in [3.8, 4) is 0 Å². The van der Waals surface area contributed by atoms with E-state index in [0.717, 1.165) is 5.56 Å². The van der Waals surface area contributed by atoms with E-state index in [4.69, 9.17) is 11.6 Å². The number of carbonyl (C=O) groups excluding carboxylic acids is 1. The molecule has 0 unspecified atom stereocenters. The van der Waals surface area contributed by atoms with Crippen LogP contribution in [0.5, 0.6) is 0 Å². The number of hydrogen-bond donors (Lipinski definition) is 0. The second-order valence-corrected chi connectivity index (χ2v) is 3.71. The Bertz CT molecular complexity index is 511. The summed E-state index contributed by atoms with van der Waals surface area (Å²) in [6, 6.07) is 4.74. The molecule has 82 valence electrons. The first-order chi connectivity index (χ1) is 7.70. The monoisotopic (exact) mass is 238 g/mol. The third-order valence-corrected chi connectivity index (χ3v) is 2.42. The van der Waals surface area contributed by atoms with E-state index in [1.54, 1.807) is 23.1 Å². The van der Waals surface area contributed by atoms with E-state index in [1.165, 1.54) is 12.1 Å². The molecular formula is C11H8ClFN2O. The molecule has 2 aromatic rings. The summed E-state index contributed by atoms with van der Waals surface area (Å²) in [7, 11) is 0. The van der Waals surface area contributed by atoms with Crippen LogP contribution in [-0.2, 0) is 6.54 Å². The van der Waals surface area contributed by atoms with Crippen LogP contribution in [0, 0.1) is 5.82 Å². The molecule has 1 heterocycles. The van der Waals surface area contributed by atoms with E-state index >= 15 is 0 Å². The molecule has 0 amide bonds. The van der Waals surface area contributed by atoms with E-state index in [1.807, 2.05) is 0 Å². The summed E-state index contributed by atoms with van der Waals surface area (Å²) in [5.74, 6) is -0.680. The van der Waals surface area contributed by atoms with Gasteiger partial charge in [0.15, 0.2) is 12.1 Å². The van der Waals surface area contributed by atoms with E-state index in [2.05, 4.69) is 5.10 Å². The van der Waals surface area contributed by atoms with Gasteiger partial charge in [0.05, 0.1) is 17.1 Å². The summed E-state index contributed by atoms with van der Waals surface area (Å²) >= 11 is 5.67. The Morgan fingerprint density at radius 2 is 2.31 bits per heavy atom. The molecule has 3 nitrogen and oxygen atoms in total. The number of nitrogens with zero attached hydrogens (tertiary/aromatic N) is 2. The smallest absolute Gasteiger partial charge is 0.153 e. The van der Waals surface area contributed by atoms with Gasteiger partial charge in [0.25, 0.3) is 0 Å². The maximum Gasteiger partial charge on any atom is 0.153 e. The van der Waals surface area contributed by atoms with Crippen molar-refractivity contribution in [3.63, 3.8) is 0 Å².